The Morgan fingerprint density at radius 2 is 2.00 bits per heavy atom. The molecule has 0 bridgehead atoms. The van der Waals surface area contributed by atoms with E-state index in [9.17, 15) is 9.59 Å². The first-order valence-corrected chi connectivity index (χ1v) is 8.14. The number of hydrogen-bond acceptors (Lipinski definition) is 5. The summed E-state index contributed by atoms with van der Waals surface area (Å²) in [6.45, 7) is 7.83. The molecule has 1 aromatic rings. The number of piperidine rings is 1. The van der Waals surface area contributed by atoms with Crippen LogP contribution in [0.1, 0.15) is 43.3 Å². The third-order valence-electron chi connectivity index (χ3n) is 2.93. The monoisotopic (exact) mass is 331 g/mol. The Morgan fingerprint density at radius 3 is 2.38 bits per heavy atom. The number of ether oxygens (including phenoxy) is 1. The van der Waals surface area contributed by atoms with Gasteiger partial charge in [-0.3, -0.25) is 9.59 Å². The summed E-state index contributed by atoms with van der Waals surface area (Å²) in [5, 5.41) is 3.25. The maximum atomic E-state index is 11.9. The molecular weight excluding hydrogens is 310 g/mol. The zero-order valence-corrected chi connectivity index (χ0v) is 14.2. The van der Waals surface area contributed by atoms with E-state index < -0.39 is 0 Å². The van der Waals surface area contributed by atoms with Gasteiger partial charge in [-0.15, -0.1) is 11.3 Å². The highest BCUT2D eigenvalue weighted by atomic mass is 35.5. The zero-order valence-electron chi connectivity index (χ0n) is 12.6. The predicted octanol–water partition coefficient (Wildman–Crippen LogP) is 3.54. The van der Waals surface area contributed by atoms with Gasteiger partial charge in [0.05, 0.1) is 9.21 Å². The van der Waals surface area contributed by atoms with Crippen molar-refractivity contribution in [2.45, 2.75) is 39.2 Å². The number of carbonyl (C=O) groups is 2. The summed E-state index contributed by atoms with van der Waals surface area (Å²) in [6.07, 6.45) is 1.91. The van der Waals surface area contributed by atoms with Crippen LogP contribution in [-0.4, -0.2) is 30.9 Å². The van der Waals surface area contributed by atoms with Crippen molar-refractivity contribution in [2.75, 3.05) is 13.1 Å². The van der Waals surface area contributed by atoms with Crippen LogP contribution in [0.15, 0.2) is 12.1 Å². The van der Waals surface area contributed by atoms with Crippen molar-refractivity contribution < 1.29 is 14.3 Å². The molecule has 0 atom stereocenters. The molecule has 0 saturated carbocycles. The van der Waals surface area contributed by atoms with E-state index in [1.807, 2.05) is 26.8 Å². The average molecular weight is 332 g/mol. The number of carbonyl (C=O) groups excluding carboxylic acids is 2. The maximum absolute atomic E-state index is 11.9. The molecule has 21 heavy (non-hydrogen) atoms. The van der Waals surface area contributed by atoms with Crippen LogP contribution in [0.3, 0.4) is 0 Å². The molecule has 4 nitrogen and oxygen atoms in total. The van der Waals surface area contributed by atoms with E-state index in [2.05, 4.69) is 10.1 Å². The Labute approximate surface area is 134 Å². The molecule has 0 amide bonds. The zero-order chi connectivity index (χ0) is 15.9. The van der Waals surface area contributed by atoms with Crippen molar-refractivity contribution in [3.63, 3.8) is 0 Å². The van der Waals surface area contributed by atoms with Crippen LogP contribution in [-0.2, 0) is 9.53 Å². The SMILES string of the molecule is CC(C)(C)OC=O.O=C(c1ccc(Cl)s1)C1CCNCC1. The third-order valence-corrected chi connectivity index (χ3v) is 4.17. The summed E-state index contributed by atoms with van der Waals surface area (Å²) in [6, 6.07) is 3.62. The smallest absolute Gasteiger partial charge is 0.293 e. The number of halogens is 1. The maximum Gasteiger partial charge on any atom is 0.293 e. The predicted molar refractivity (Wildman–Crippen MR) is 86.2 cm³/mol. The number of rotatable bonds is 3. The quantitative estimate of drug-likeness (QED) is 0.680. The second-order valence-electron chi connectivity index (χ2n) is 5.82. The molecule has 1 aliphatic heterocycles. The topological polar surface area (TPSA) is 55.4 Å². The van der Waals surface area contributed by atoms with Gasteiger partial charge in [-0.1, -0.05) is 11.6 Å². The first-order valence-electron chi connectivity index (χ1n) is 6.95. The number of thiophene rings is 1. The molecule has 1 N–H and O–H groups in total. The lowest BCUT2D eigenvalue weighted by atomic mass is 9.93. The van der Waals surface area contributed by atoms with Crippen LogP contribution in [0.5, 0.6) is 0 Å². The molecular formula is C15H22ClNO3S. The molecule has 0 aromatic carbocycles. The lowest BCUT2D eigenvalue weighted by molar-refractivity contribution is -0.138. The molecule has 1 saturated heterocycles. The van der Waals surface area contributed by atoms with E-state index in [-0.39, 0.29) is 17.3 Å². The van der Waals surface area contributed by atoms with Crippen LogP contribution < -0.4 is 5.32 Å². The summed E-state index contributed by atoms with van der Waals surface area (Å²) >= 11 is 7.18. The highest BCUT2D eigenvalue weighted by molar-refractivity contribution is 7.18. The fourth-order valence-electron chi connectivity index (χ4n) is 1.88. The number of hydrogen-bond donors (Lipinski definition) is 1. The van der Waals surface area contributed by atoms with Crippen molar-refractivity contribution >= 4 is 35.2 Å². The number of nitrogens with one attached hydrogen (secondary N) is 1. The van der Waals surface area contributed by atoms with Crippen LogP contribution in [0.25, 0.3) is 0 Å². The molecule has 1 aromatic heterocycles. The molecule has 0 spiro atoms. The second-order valence-corrected chi connectivity index (χ2v) is 7.53. The summed E-state index contributed by atoms with van der Waals surface area (Å²) in [4.78, 5) is 22.3. The average Bonchev–Trinajstić information content (AvgIpc) is 2.85. The Kier molecular flexibility index (Phi) is 7.35. The van der Waals surface area contributed by atoms with E-state index in [4.69, 9.17) is 11.6 Å². The highest BCUT2D eigenvalue weighted by Gasteiger charge is 2.23. The molecule has 2 rings (SSSR count). The van der Waals surface area contributed by atoms with E-state index in [1.165, 1.54) is 11.3 Å². The fourth-order valence-corrected chi connectivity index (χ4v) is 2.94. The number of ketones is 1. The molecule has 118 valence electrons. The minimum absolute atomic E-state index is 0.200. The van der Waals surface area contributed by atoms with E-state index in [0.29, 0.717) is 10.8 Å². The Morgan fingerprint density at radius 1 is 1.38 bits per heavy atom. The minimum Gasteiger partial charge on any atom is -0.462 e. The molecule has 0 unspecified atom stereocenters. The summed E-state index contributed by atoms with van der Waals surface area (Å²) < 4.78 is 5.25. The minimum atomic E-state index is -0.318. The molecule has 0 radical (unpaired) electrons. The fraction of sp³-hybridized carbons (Fsp3) is 0.600. The largest absolute Gasteiger partial charge is 0.462 e. The first-order chi connectivity index (χ1) is 9.83. The van der Waals surface area contributed by atoms with Gasteiger partial charge < -0.3 is 10.1 Å². The van der Waals surface area contributed by atoms with Crippen molar-refractivity contribution in [1.29, 1.82) is 0 Å². The van der Waals surface area contributed by atoms with Gasteiger partial charge in [0.25, 0.3) is 6.47 Å². The first kappa shape index (κ1) is 18.1. The molecule has 2 heterocycles. The van der Waals surface area contributed by atoms with Gasteiger partial charge in [-0.25, -0.2) is 0 Å². The van der Waals surface area contributed by atoms with Crippen LogP contribution in [0, 0.1) is 5.92 Å². The summed E-state index contributed by atoms with van der Waals surface area (Å²) in [5.74, 6) is 0.467. The summed E-state index contributed by atoms with van der Waals surface area (Å²) in [5.41, 5.74) is -0.318. The summed E-state index contributed by atoms with van der Waals surface area (Å²) in [7, 11) is 0. The van der Waals surface area contributed by atoms with Gasteiger partial charge in [0, 0.05) is 5.92 Å². The molecule has 0 aliphatic carbocycles. The Hall–Kier alpha value is -0.910. The molecule has 1 aliphatic rings. The molecule has 1 fully saturated rings. The third kappa shape index (κ3) is 7.07. The lowest BCUT2D eigenvalue weighted by Gasteiger charge is -2.20. The number of Topliss-reactive ketones (excluding diaryl/α,β-unsaturated/α-hetero) is 1. The van der Waals surface area contributed by atoms with Crippen molar-refractivity contribution in [1.82, 2.24) is 5.32 Å². The van der Waals surface area contributed by atoms with Gasteiger partial charge in [-0.05, 0) is 58.8 Å². The van der Waals surface area contributed by atoms with E-state index in [0.717, 1.165) is 30.8 Å². The van der Waals surface area contributed by atoms with E-state index in [1.54, 1.807) is 6.07 Å². The van der Waals surface area contributed by atoms with Crippen LogP contribution in [0.4, 0.5) is 0 Å². The van der Waals surface area contributed by atoms with Crippen LogP contribution in [0.2, 0.25) is 4.34 Å². The van der Waals surface area contributed by atoms with Crippen LogP contribution >= 0.6 is 22.9 Å². The van der Waals surface area contributed by atoms with Gasteiger partial charge in [-0.2, -0.15) is 0 Å². The van der Waals surface area contributed by atoms with Gasteiger partial charge >= 0.3 is 0 Å². The highest BCUT2D eigenvalue weighted by Crippen LogP contribution is 2.26. The van der Waals surface area contributed by atoms with Gasteiger partial charge in [0.2, 0.25) is 0 Å². The molecule has 6 heteroatoms. The Balaban J connectivity index is 0.000000270. The standard InChI is InChI=1S/C10H12ClNOS.C5H10O2/c11-9-2-1-8(14-9)10(13)7-3-5-12-6-4-7;1-5(2,3)7-4-6/h1-2,7,12H,3-6H2;4H,1-3H3. The lowest BCUT2D eigenvalue weighted by Crippen LogP contribution is -2.31. The van der Waals surface area contributed by atoms with Gasteiger partial charge in [0.1, 0.15) is 5.60 Å². The van der Waals surface area contributed by atoms with Gasteiger partial charge in [0.15, 0.2) is 5.78 Å². The van der Waals surface area contributed by atoms with Crippen molar-refractivity contribution in [3.05, 3.63) is 21.3 Å². The van der Waals surface area contributed by atoms with E-state index >= 15 is 0 Å². The Bertz CT molecular complexity index is 462. The van der Waals surface area contributed by atoms with Crippen molar-refractivity contribution in [3.8, 4) is 0 Å². The van der Waals surface area contributed by atoms with Crippen molar-refractivity contribution in [2.24, 2.45) is 5.92 Å². The normalized spacial score (nSPS) is 15.8. The second kappa shape index (κ2) is 8.51.